The van der Waals surface area contributed by atoms with Crippen molar-refractivity contribution < 1.29 is 4.79 Å². The van der Waals surface area contributed by atoms with Crippen molar-refractivity contribution in [3.05, 3.63) is 92.4 Å². The zero-order chi connectivity index (χ0) is 22.0. The van der Waals surface area contributed by atoms with Crippen LogP contribution in [0.2, 0.25) is 5.02 Å². The van der Waals surface area contributed by atoms with Crippen LogP contribution < -0.4 is 10.5 Å². The van der Waals surface area contributed by atoms with Gasteiger partial charge in [0.1, 0.15) is 0 Å². The number of benzene rings is 2. The van der Waals surface area contributed by atoms with Gasteiger partial charge in [0.2, 0.25) is 11.9 Å². The van der Waals surface area contributed by atoms with E-state index in [-0.39, 0.29) is 23.2 Å². The van der Waals surface area contributed by atoms with Crippen LogP contribution in [0.1, 0.15) is 35.7 Å². The Morgan fingerprint density at radius 3 is 2.45 bits per heavy atom. The number of hydrogen-bond acceptors (Lipinski definition) is 4. The molecule has 0 unspecified atom stereocenters. The molecule has 0 aliphatic rings. The van der Waals surface area contributed by atoms with E-state index < -0.39 is 0 Å². The van der Waals surface area contributed by atoms with Gasteiger partial charge in [0.25, 0.3) is 11.3 Å². The molecule has 1 amide bonds. The van der Waals surface area contributed by atoms with Gasteiger partial charge in [-0.05, 0) is 30.2 Å². The lowest BCUT2D eigenvalue weighted by atomic mass is 10.1. The average molecular weight is 436 g/mol. The molecule has 2 aromatic heterocycles. The minimum absolute atomic E-state index is 0.122. The molecule has 0 spiro atoms. The number of anilines is 1. The fourth-order valence-corrected chi connectivity index (χ4v) is 3.54. The molecule has 7 nitrogen and oxygen atoms in total. The van der Waals surface area contributed by atoms with E-state index in [1.165, 1.54) is 9.42 Å². The number of fused-ring (bicyclic) bond motifs is 1. The molecule has 0 aliphatic heterocycles. The predicted octanol–water partition coefficient (Wildman–Crippen LogP) is 3.91. The van der Waals surface area contributed by atoms with Crippen LogP contribution in [0.5, 0.6) is 0 Å². The maximum absolute atomic E-state index is 13.2. The Balaban J connectivity index is 1.74. The molecule has 0 atom stereocenters. The summed E-state index contributed by atoms with van der Waals surface area (Å²) in [6, 6.07) is 17.0. The molecule has 2 aromatic carbocycles. The van der Waals surface area contributed by atoms with Gasteiger partial charge in [0.15, 0.2) is 0 Å². The highest BCUT2D eigenvalue weighted by Crippen LogP contribution is 2.18. The molecule has 4 rings (SSSR count). The summed E-state index contributed by atoms with van der Waals surface area (Å²) in [7, 11) is 0. The van der Waals surface area contributed by atoms with E-state index in [0.717, 1.165) is 11.1 Å². The van der Waals surface area contributed by atoms with Crippen molar-refractivity contribution >= 4 is 29.2 Å². The Kier molecular flexibility index (Phi) is 5.86. The Labute approximate surface area is 184 Å². The number of nitrogens with zero attached hydrogens (tertiary/aromatic N) is 4. The summed E-state index contributed by atoms with van der Waals surface area (Å²) in [5.41, 5.74) is 2.91. The highest BCUT2D eigenvalue weighted by molar-refractivity contribution is 6.30. The fraction of sp³-hybridized carbons (Fsp3) is 0.217. The van der Waals surface area contributed by atoms with Gasteiger partial charge in [0.05, 0.1) is 12.2 Å². The number of nitrogens with one attached hydrogen (secondary N) is 1. The molecule has 2 heterocycles. The second-order valence-electron chi connectivity index (χ2n) is 7.29. The van der Waals surface area contributed by atoms with E-state index in [4.69, 9.17) is 11.6 Å². The van der Waals surface area contributed by atoms with Crippen molar-refractivity contribution in [3.8, 4) is 0 Å². The largest absolute Gasteiger partial charge is 0.277 e. The molecule has 158 valence electrons. The third-order valence-electron chi connectivity index (χ3n) is 5.12. The van der Waals surface area contributed by atoms with Crippen LogP contribution in [0, 0.1) is 6.92 Å². The number of amides is 1. The molecule has 0 fully saturated rings. The number of aryl methyl sites for hydroxylation is 1. The minimum Gasteiger partial charge on any atom is -0.277 e. The van der Waals surface area contributed by atoms with Crippen molar-refractivity contribution in [2.75, 3.05) is 4.90 Å². The van der Waals surface area contributed by atoms with Crippen LogP contribution in [-0.4, -0.2) is 25.5 Å². The number of carbonyl (C=O) groups is 1. The van der Waals surface area contributed by atoms with Crippen molar-refractivity contribution in [1.82, 2.24) is 19.6 Å². The van der Waals surface area contributed by atoms with Gasteiger partial charge in [-0.25, -0.2) is 4.98 Å². The number of H-pyrrole nitrogens is 1. The Morgan fingerprint density at radius 1 is 1.06 bits per heavy atom. The molecular weight excluding hydrogens is 414 g/mol. The summed E-state index contributed by atoms with van der Waals surface area (Å²) >= 11 is 5.97. The topological polar surface area (TPSA) is 83.4 Å². The van der Waals surface area contributed by atoms with Crippen LogP contribution in [-0.2, 0) is 17.8 Å². The van der Waals surface area contributed by atoms with Crippen LogP contribution >= 0.6 is 11.6 Å². The van der Waals surface area contributed by atoms with Crippen LogP contribution in [0.15, 0.2) is 59.4 Å². The van der Waals surface area contributed by atoms with Gasteiger partial charge in [-0.2, -0.15) is 9.50 Å². The van der Waals surface area contributed by atoms with Gasteiger partial charge < -0.3 is 0 Å². The van der Waals surface area contributed by atoms with E-state index in [2.05, 4.69) is 15.1 Å². The van der Waals surface area contributed by atoms with Gasteiger partial charge in [-0.3, -0.25) is 19.6 Å². The molecule has 1 N–H and O–H groups in total. The highest BCUT2D eigenvalue weighted by Gasteiger charge is 2.21. The molecule has 31 heavy (non-hydrogen) atoms. The van der Waals surface area contributed by atoms with E-state index >= 15 is 0 Å². The lowest BCUT2D eigenvalue weighted by Gasteiger charge is -2.19. The van der Waals surface area contributed by atoms with Crippen molar-refractivity contribution in [1.29, 1.82) is 0 Å². The molecular formula is C23H22ClN5O2. The fourth-order valence-electron chi connectivity index (χ4n) is 3.41. The first-order chi connectivity index (χ1) is 15.0. The summed E-state index contributed by atoms with van der Waals surface area (Å²) in [4.78, 5) is 36.3. The summed E-state index contributed by atoms with van der Waals surface area (Å²) in [5.74, 6) is 0.394. The lowest BCUT2D eigenvalue weighted by molar-refractivity contribution is -0.118. The second kappa shape index (κ2) is 8.73. The Bertz CT molecular complexity index is 1280. The van der Waals surface area contributed by atoms with Crippen molar-refractivity contribution in [2.24, 2.45) is 0 Å². The van der Waals surface area contributed by atoms with Crippen LogP contribution in [0.4, 0.5) is 5.95 Å². The van der Waals surface area contributed by atoms with Crippen LogP contribution in [0.3, 0.4) is 0 Å². The van der Waals surface area contributed by atoms with Crippen molar-refractivity contribution in [2.45, 2.75) is 33.2 Å². The van der Waals surface area contributed by atoms with Gasteiger partial charge in [-0.15, -0.1) is 0 Å². The van der Waals surface area contributed by atoms with E-state index in [1.54, 1.807) is 26.0 Å². The first-order valence-corrected chi connectivity index (χ1v) is 10.4. The second-order valence-corrected chi connectivity index (χ2v) is 7.72. The Hall–Kier alpha value is -3.45. The monoisotopic (exact) mass is 435 g/mol. The highest BCUT2D eigenvalue weighted by atomic mass is 35.5. The van der Waals surface area contributed by atoms with E-state index in [1.807, 2.05) is 42.5 Å². The number of aromatic nitrogens is 4. The number of hydrogen-bond donors (Lipinski definition) is 1. The molecule has 0 saturated heterocycles. The molecule has 8 heteroatoms. The van der Waals surface area contributed by atoms with Crippen LogP contribution in [0.25, 0.3) is 5.78 Å². The first-order valence-electron chi connectivity index (χ1n) is 10.0. The maximum Gasteiger partial charge on any atom is 0.277 e. The SMILES string of the molecule is CCC(=O)N(Cc1ccc(Cl)cc1)c1nc2nc(C)c(Cc3ccccc3)c(=O)n2[nH]1. The quantitative estimate of drug-likeness (QED) is 0.497. The summed E-state index contributed by atoms with van der Waals surface area (Å²) < 4.78 is 1.30. The predicted molar refractivity (Wildman–Crippen MR) is 121 cm³/mol. The lowest BCUT2D eigenvalue weighted by Crippen LogP contribution is -2.31. The minimum atomic E-state index is -0.222. The third kappa shape index (κ3) is 4.36. The number of aromatic amines is 1. The third-order valence-corrected chi connectivity index (χ3v) is 5.37. The maximum atomic E-state index is 13.2. The molecule has 0 radical (unpaired) electrons. The first kappa shape index (κ1) is 20.8. The molecule has 4 aromatic rings. The molecule has 0 aliphatic carbocycles. The summed E-state index contributed by atoms with van der Waals surface area (Å²) in [6.45, 7) is 3.89. The number of carbonyl (C=O) groups excluding carboxylic acids is 1. The zero-order valence-electron chi connectivity index (χ0n) is 17.3. The molecule has 0 bridgehead atoms. The standard InChI is InChI=1S/C23H22ClN5O2/c1-3-20(30)28(14-17-9-11-18(24)12-10-17)23-26-22-25-15(2)19(21(31)29(22)27-23)13-16-7-5-4-6-8-16/h4-12H,3,13-14H2,1-2H3,(H,25,26,27). The van der Waals surface area contributed by atoms with Gasteiger partial charge in [-0.1, -0.05) is 61.0 Å². The summed E-state index contributed by atoms with van der Waals surface area (Å²) in [6.07, 6.45) is 0.767. The normalized spacial score (nSPS) is 11.1. The van der Waals surface area contributed by atoms with E-state index in [9.17, 15) is 9.59 Å². The number of rotatable bonds is 6. The number of halogens is 1. The zero-order valence-corrected chi connectivity index (χ0v) is 18.1. The van der Waals surface area contributed by atoms with Gasteiger partial charge >= 0.3 is 0 Å². The smallest absolute Gasteiger partial charge is 0.277 e. The Morgan fingerprint density at radius 2 is 1.77 bits per heavy atom. The van der Waals surface area contributed by atoms with Gasteiger partial charge in [0, 0.05) is 23.4 Å². The molecule has 0 saturated carbocycles. The summed E-state index contributed by atoms with van der Waals surface area (Å²) in [5, 5.41) is 3.60. The van der Waals surface area contributed by atoms with E-state index in [0.29, 0.717) is 35.7 Å². The van der Waals surface area contributed by atoms with Crippen molar-refractivity contribution in [3.63, 3.8) is 0 Å². The average Bonchev–Trinajstić information content (AvgIpc) is 3.20.